The van der Waals surface area contributed by atoms with E-state index in [-0.39, 0.29) is 0 Å². The van der Waals surface area contributed by atoms with E-state index in [2.05, 4.69) is 51.4 Å². The number of nitrogens with zero attached hydrogens (tertiary/aromatic N) is 1. The van der Waals surface area contributed by atoms with Crippen LogP contribution in [0.1, 0.15) is 40.5 Å². The van der Waals surface area contributed by atoms with E-state index in [1.807, 2.05) is 6.08 Å². The van der Waals surface area contributed by atoms with E-state index in [0.717, 1.165) is 37.8 Å². The van der Waals surface area contributed by atoms with Crippen molar-refractivity contribution in [2.24, 2.45) is 11.8 Å². The fraction of sp³-hybridized carbons (Fsp3) is 0.714. The van der Waals surface area contributed by atoms with Crippen LogP contribution in [0, 0.1) is 11.8 Å². The predicted octanol–water partition coefficient (Wildman–Crippen LogP) is 4.08. The van der Waals surface area contributed by atoms with Gasteiger partial charge in [-0.15, -0.1) is 6.58 Å². The van der Waals surface area contributed by atoms with Crippen molar-refractivity contribution in [1.29, 1.82) is 0 Å². The molecule has 0 aliphatic carbocycles. The van der Waals surface area contributed by atoms with E-state index in [9.17, 15) is 0 Å². The Labute approximate surface area is 95.9 Å². The van der Waals surface area contributed by atoms with E-state index in [0.29, 0.717) is 0 Å². The zero-order valence-corrected chi connectivity index (χ0v) is 10.9. The third-order valence-corrected chi connectivity index (χ3v) is 2.05. The standard InChI is InChI=1S/C14H27N/c1-6-7-8-9-10-15(11-13(2)3)12-14(4)5/h6,9-10,13-14H,1,7-8,11-12H2,2-5H3/b10-9+. The zero-order chi connectivity index (χ0) is 11.7. The van der Waals surface area contributed by atoms with Crippen LogP contribution in [0.3, 0.4) is 0 Å². The third kappa shape index (κ3) is 9.58. The van der Waals surface area contributed by atoms with Gasteiger partial charge >= 0.3 is 0 Å². The Hall–Kier alpha value is -0.720. The van der Waals surface area contributed by atoms with Gasteiger partial charge in [-0.1, -0.05) is 39.8 Å². The predicted molar refractivity (Wildman–Crippen MR) is 69.8 cm³/mol. The molecule has 0 fully saturated rings. The van der Waals surface area contributed by atoms with Gasteiger partial charge in [-0.25, -0.2) is 0 Å². The molecule has 88 valence electrons. The van der Waals surface area contributed by atoms with Crippen LogP contribution >= 0.6 is 0 Å². The van der Waals surface area contributed by atoms with Crippen LogP contribution in [-0.4, -0.2) is 18.0 Å². The lowest BCUT2D eigenvalue weighted by Crippen LogP contribution is -2.26. The second kappa shape index (κ2) is 8.58. The molecule has 0 amide bonds. The highest BCUT2D eigenvalue weighted by atomic mass is 15.1. The SMILES string of the molecule is C=CCC/C=C/N(CC(C)C)CC(C)C. The van der Waals surface area contributed by atoms with Crippen LogP contribution in [0.25, 0.3) is 0 Å². The summed E-state index contributed by atoms with van der Waals surface area (Å²) < 4.78 is 0. The van der Waals surface area contributed by atoms with Crippen molar-refractivity contribution in [1.82, 2.24) is 4.90 Å². The summed E-state index contributed by atoms with van der Waals surface area (Å²) in [7, 11) is 0. The topological polar surface area (TPSA) is 3.24 Å². The summed E-state index contributed by atoms with van der Waals surface area (Å²) >= 11 is 0. The van der Waals surface area contributed by atoms with Crippen LogP contribution in [-0.2, 0) is 0 Å². The zero-order valence-electron chi connectivity index (χ0n) is 10.9. The van der Waals surface area contributed by atoms with Gasteiger partial charge in [0, 0.05) is 13.1 Å². The fourth-order valence-corrected chi connectivity index (χ4v) is 1.57. The van der Waals surface area contributed by atoms with Gasteiger partial charge in [-0.05, 0) is 30.9 Å². The van der Waals surface area contributed by atoms with E-state index in [4.69, 9.17) is 0 Å². The van der Waals surface area contributed by atoms with Gasteiger partial charge in [0.15, 0.2) is 0 Å². The summed E-state index contributed by atoms with van der Waals surface area (Å²) in [6.45, 7) is 15.1. The Balaban J connectivity index is 3.98. The van der Waals surface area contributed by atoms with Crippen molar-refractivity contribution in [3.8, 4) is 0 Å². The maximum atomic E-state index is 3.73. The Morgan fingerprint density at radius 3 is 1.93 bits per heavy atom. The monoisotopic (exact) mass is 209 g/mol. The largest absolute Gasteiger partial charge is 0.377 e. The van der Waals surface area contributed by atoms with Crippen LogP contribution in [0.5, 0.6) is 0 Å². The molecule has 0 aromatic rings. The number of allylic oxidation sites excluding steroid dienone is 2. The Morgan fingerprint density at radius 2 is 1.53 bits per heavy atom. The molecule has 0 saturated carbocycles. The summed E-state index contributed by atoms with van der Waals surface area (Å²) in [5, 5.41) is 0. The molecule has 1 nitrogen and oxygen atoms in total. The maximum absolute atomic E-state index is 3.73. The summed E-state index contributed by atoms with van der Waals surface area (Å²) in [5.41, 5.74) is 0. The molecule has 1 heteroatoms. The highest BCUT2D eigenvalue weighted by Gasteiger charge is 2.04. The van der Waals surface area contributed by atoms with Gasteiger partial charge in [0.2, 0.25) is 0 Å². The molecule has 0 N–H and O–H groups in total. The molecule has 0 radical (unpaired) electrons. The van der Waals surface area contributed by atoms with E-state index in [1.165, 1.54) is 0 Å². The smallest absolute Gasteiger partial charge is 0.0195 e. The van der Waals surface area contributed by atoms with Crippen molar-refractivity contribution in [3.63, 3.8) is 0 Å². The maximum Gasteiger partial charge on any atom is 0.0195 e. The number of rotatable bonds is 8. The molecule has 0 aromatic carbocycles. The van der Waals surface area contributed by atoms with Crippen LogP contribution in [0.15, 0.2) is 24.9 Å². The lowest BCUT2D eigenvalue weighted by Gasteiger charge is -2.24. The number of unbranched alkanes of at least 4 members (excludes halogenated alkanes) is 1. The molecule has 0 atom stereocenters. The lowest BCUT2D eigenvalue weighted by molar-refractivity contribution is 0.296. The first-order chi connectivity index (χ1) is 7.06. The molecule has 0 saturated heterocycles. The molecule has 0 aliphatic rings. The van der Waals surface area contributed by atoms with Crippen LogP contribution in [0.2, 0.25) is 0 Å². The first kappa shape index (κ1) is 14.3. The molecule has 15 heavy (non-hydrogen) atoms. The highest BCUT2D eigenvalue weighted by Crippen LogP contribution is 2.05. The quantitative estimate of drug-likeness (QED) is 0.430. The summed E-state index contributed by atoms with van der Waals surface area (Å²) in [6, 6.07) is 0. The Kier molecular flexibility index (Phi) is 8.17. The van der Waals surface area contributed by atoms with Gasteiger partial charge in [-0.3, -0.25) is 0 Å². The van der Waals surface area contributed by atoms with E-state index < -0.39 is 0 Å². The Bertz CT molecular complexity index is 170. The van der Waals surface area contributed by atoms with Crippen molar-refractivity contribution in [3.05, 3.63) is 24.9 Å². The van der Waals surface area contributed by atoms with Crippen molar-refractivity contribution < 1.29 is 0 Å². The summed E-state index contributed by atoms with van der Waals surface area (Å²) in [4.78, 5) is 2.43. The first-order valence-electron chi connectivity index (χ1n) is 6.07. The average Bonchev–Trinajstić information content (AvgIpc) is 2.10. The lowest BCUT2D eigenvalue weighted by atomic mass is 10.1. The number of hydrogen-bond donors (Lipinski definition) is 0. The highest BCUT2D eigenvalue weighted by molar-refractivity contribution is 4.85. The average molecular weight is 209 g/mol. The van der Waals surface area contributed by atoms with Gasteiger partial charge in [0.1, 0.15) is 0 Å². The van der Waals surface area contributed by atoms with Gasteiger partial charge in [-0.2, -0.15) is 0 Å². The molecular weight excluding hydrogens is 182 g/mol. The van der Waals surface area contributed by atoms with Crippen molar-refractivity contribution in [2.75, 3.05) is 13.1 Å². The molecule has 0 aliphatic heterocycles. The van der Waals surface area contributed by atoms with E-state index in [1.54, 1.807) is 0 Å². The van der Waals surface area contributed by atoms with Gasteiger partial charge in [0.05, 0.1) is 0 Å². The third-order valence-electron chi connectivity index (χ3n) is 2.05. The van der Waals surface area contributed by atoms with Crippen LogP contribution < -0.4 is 0 Å². The first-order valence-corrected chi connectivity index (χ1v) is 6.07. The molecule has 0 spiro atoms. The molecule has 0 aromatic heterocycles. The second-order valence-corrected chi connectivity index (χ2v) is 4.99. The van der Waals surface area contributed by atoms with Gasteiger partial charge in [0.25, 0.3) is 0 Å². The molecule has 0 bridgehead atoms. The summed E-state index contributed by atoms with van der Waals surface area (Å²) in [6.07, 6.45) is 8.67. The minimum Gasteiger partial charge on any atom is -0.377 e. The Morgan fingerprint density at radius 1 is 1.00 bits per heavy atom. The molecule has 0 unspecified atom stereocenters. The van der Waals surface area contributed by atoms with Crippen molar-refractivity contribution >= 4 is 0 Å². The second-order valence-electron chi connectivity index (χ2n) is 4.99. The summed E-state index contributed by atoms with van der Waals surface area (Å²) in [5.74, 6) is 1.46. The minimum absolute atomic E-state index is 0.729. The van der Waals surface area contributed by atoms with E-state index >= 15 is 0 Å². The molecular formula is C14H27N. The molecule has 0 heterocycles. The van der Waals surface area contributed by atoms with Crippen LogP contribution in [0.4, 0.5) is 0 Å². The normalized spacial score (nSPS) is 11.6. The molecule has 0 rings (SSSR count). The van der Waals surface area contributed by atoms with Crippen molar-refractivity contribution in [2.45, 2.75) is 40.5 Å². The van der Waals surface area contributed by atoms with Gasteiger partial charge < -0.3 is 4.90 Å². The number of hydrogen-bond acceptors (Lipinski definition) is 1. The minimum atomic E-state index is 0.729. The fourth-order valence-electron chi connectivity index (χ4n) is 1.57.